The highest BCUT2D eigenvalue weighted by molar-refractivity contribution is 8.09. The van der Waals surface area contributed by atoms with E-state index in [0.717, 1.165) is 0 Å². The Bertz CT molecular complexity index is 331. The highest BCUT2D eigenvalue weighted by Gasteiger charge is 2.17. The number of allylic oxidation sites excluding steroid dienone is 1. The molecule has 0 saturated carbocycles. The Morgan fingerprint density at radius 3 is 2.64 bits per heavy atom. The number of hydrogen-bond donors (Lipinski definition) is 0. The van der Waals surface area contributed by atoms with Gasteiger partial charge in [-0.15, -0.1) is 0 Å². The summed E-state index contributed by atoms with van der Waals surface area (Å²) in [6, 6.07) is 1.80. The van der Waals surface area contributed by atoms with Crippen LogP contribution in [0.25, 0.3) is 0 Å². The first kappa shape index (κ1) is 9.09. The van der Waals surface area contributed by atoms with Crippen LogP contribution in [0, 0.1) is 11.3 Å². The van der Waals surface area contributed by atoms with Crippen LogP contribution < -0.4 is 0 Å². The van der Waals surface area contributed by atoms with Gasteiger partial charge in [-0.3, -0.25) is 0 Å². The predicted molar refractivity (Wildman–Crippen MR) is 48.0 cm³/mol. The van der Waals surface area contributed by atoms with E-state index in [1.54, 1.807) is 6.07 Å². The van der Waals surface area contributed by atoms with Crippen LogP contribution in [0.1, 0.15) is 0 Å². The van der Waals surface area contributed by atoms with Crippen molar-refractivity contribution in [3.63, 3.8) is 0 Å². The molecule has 0 amide bonds. The molecule has 0 spiro atoms. The SMILES string of the molecule is N#CC1=CN=P(Cl)(Cl)N=C1Cl. The third kappa shape index (κ3) is 2.21. The lowest BCUT2D eigenvalue weighted by Gasteiger charge is -2.05. The Kier molecular flexibility index (Phi) is 2.61. The van der Waals surface area contributed by atoms with E-state index in [4.69, 9.17) is 39.3 Å². The molecule has 0 atom stereocenters. The third-order valence-electron chi connectivity index (χ3n) is 0.877. The molecule has 0 unspecified atom stereocenters. The molecule has 0 aromatic rings. The molecule has 0 fully saturated rings. The minimum absolute atomic E-state index is 0.0285. The summed E-state index contributed by atoms with van der Waals surface area (Å²) in [4.78, 5) is 0. The van der Waals surface area contributed by atoms with E-state index < -0.39 is 5.91 Å². The molecule has 0 saturated heterocycles. The summed E-state index contributed by atoms with van der Waals surface area (Å²) < 4.78 is 7.28. The van der Waals surface area contributed by atoms with Crippen molar-refractivity contribution in [2.45, 2.75) is 0 Å². The van der Waals surface area contributed by atoms with Gasteiger partial charge in [-0.2, -0.15) is 5.26 Å². The van der Waals surface area contributed by atoms with Crippen LogP contribution >= 0.6 is 40.0 Å². The molecule has 1 aliphatic heterocycles. The molecule has 3 nitrogen and oxygen atoms in total. The van der Waals surface area contributed by atoms with Crippen LogP contribution in [0.5, 0.6) is 0 Å². The molecule has 0 radical (unpaired) electrons. The second-order valence-corrected chi connectivity index (χ2v) is 6.66. The summed E-state index contributed by atoms with van der Waals surface area (Å²) in [5, 5.41) is 8.44. The topological polar surface area (TPSA) is 48.5 Å². The second kappa shape index (κ2) is 3.16. The zero-order valence-corrected chi connectivity index (χ0v) is 8.16. The fourth-order valence-corrected chi connectivity index (χ4v) is 2.43. The molecule has 0 bridgehead atoms. The maximum absolute atomic E-state index is 8.41. The fraction of sp³-hybridized carbons (Fsp3) is 0. The van der Waals surface area contributed by atoms with Crippen LogP contribution in [0.15, 0.2) is 21.3 Å². The molecular weight excluding hydrogens is 227 g/mol. The summed E-state index contributed by atoms with van der Waals surface area (Å²) in [6.07, 6.45) is 1.24. The molecule has 0 aromatic carbocycles. The van der Waals surface area contributed by atoms with Crippen molar-refractivity contribution in [3.05, 3.63) is 11.8 Å². The first-order valence-corrected chi connectivity index (χ1v) is 6.30. The summed E-state index contributed by atoms with van der Waals surface area (Å²) >= 11 is 16.7. The van der Waals surface area contributed by atoms with E-state index in [9.17, 15) is 0 Å². The van der Waals surface area contributed by atoms with E-state index in [-0.39, 0.29) is 10.7 Å². The Hall–Kier alpha value is -0.000000000000000111. The number of nitriles is 1. The molecule has 1 aliphatic rings. The molecule has 0 aromatic heterocycles. The van der Waals surface area contributed by atoms with Crippen molar-refractivity contribution < 1.29 is 0 Å². The molecule has 0 N–H and O–H groups in total. The minimum atomic E-state index is -2.65. The first-order valence-electron chi connectivity index (χ1n) is 2.42. The Morgan fingerprint density at radius 2 is 2.18 bits per heavy atom. The van der Waals surface area contributed by atoms with Gasteiger partial charge in [0.2, 0.25) is 0 Å². The van der Waals surface area contributed by atoms with Crippen molar-refractivity contribution in [2.24, 2.45) is 9.51 Å². The van der Waals surface area contributed by atoms with Gasteiger partial charge in [-0.05, 0) is 22.5 Å². The van der Waals surface area contributed by atoms with Gasteiger partial charge in [0.1, 0.15) is 11.6 Å². The number of hydrogen-bond acceptors (Lipinski definition) is 3. The molecule has 11 heavy (non-hydrogen) atoms. The van der Waals surface area contributed by atoms with Crippen LogP contribution in [-0.4, -0.2) is 5.17 Å². The first-order chi connectivity index (χ1) is 5.05. The van der Waals surface area contributed by atoms with Gasteiger partial charge in [0.15, 0.2) is 5.17 Å². The highest BCUT2D eigenvalue weighted by Crippen LogP contribution is 2.63. The maximum Gasteiger partial charge on any atom is 0.254 e. The number of nitrogens with zero attached hydrogens (tertiary/aromatic N) is 3. The number of halogens is 3. The monoisotopic (exact) mass is 227 g/mol. The summed E-state index contributed by atoms with van der Waals surface area (Å²) in [5.74, 6) is -2.65. The molecule has 58 valence electrons. The van der Waals surface area contributed by atoms with Crippen molar-refractivity contribution in [3.8, 4) is 6.07 Å². The predicted octanol–water partition coefficient (Wildman–Crippen LogP) is 3.47. The van der Waals surface area contributed by atoms with Crippen LogP contribution in [0.2, 0.25) is 0 Å². The largest absolute Gasteiger partial charge is 0.254 e. The Labute approximate surface area is 78.0 Å². The quantitative estimate of drug-likeness (QED) is 0.586. The van der Waals surface area contributed by atoms with Gasteiger partial charge >= 0.3 is 0 Å². The van der Waals surface area contributed by atoms with Gasteiger partial charge in [0.05, 0.1) is 6.20 Å². The minimum Gasteiger partial charge on any atom is -0.224 e. The normalized spacial score (nSPS) is 20.9. The van der Waals surface area contributed by atoms with Gasteiger partial charge in [-0.25, -0.2) is 9.51 Å². The molecule has 0 aliphatic carbocycles. The van der Waals surface area contributed by atoms with Crippen LogP contribution in [0.3, 0.4) is 0 Å². The molecule has 1 heterocycles. The standard InChI is InChI=1S/C4HCl3N3P/c5-4-3(1-8)2-9-11(6,7)10-4/h2H. The average molecular weight is 228 g/mol. The lowest BCUT2D eigenvalue weighted by atomic mass is 10.3. The van der Waals surface area contributed by atoms with Crippen LogP contribution in [-0.2, 0) is 0 Å². The van der Waals surface area contributed by atoms with Gasteiger partial charge in [0.25, 0.3) is 5.91 Å². The smallest absolute Gasteiger partial charge is 0.224 e. The van der Waals surface area contributed by atoms with Gasteiger partial charge < -0.3 is 0 Å². The fourth-order valence-electron chi connectivity index (χ4n) is 0.441. The average Bonchev–Trinajstić information content (AvgIpc) is 1.86. The van der Waals surface area contributed by atoms with E-state index in [0.29, 0.717) is 0 Å². The number of rotatable bonds is 0. The lowest BCUT2D eigenvalue weighted by Crippen LogP contribution is -1.92. The summed E-state index contributed by atoms with van der Waals surface area (Å²) in [5.41, 5.74) is 0.184. The van der Waals surface area contributed by atoms with Crippen molar-refractivity contribution in [1.29, 1.82) is 5.26 Å². The van der Waals surface area contributed by atoms with Crippen LogP contribution in [0.4, 0.5) is 0 Å². The summed E-state index contributed by atoms with van der Waals surface area (Å²) in [7, 11) is 0. The van der Waals surface area contributed by atoms with E-state index in [2.05, 4.69) is 9.51 Å². The van der Waals surface area contributed by atoms with Crippen molar-refractivity contribution in [1.82, 2.24) is 0 Å². The molecular formula is C4HCl3N3P. The summed E-state index contributed by atoms with van der Waals surface area (Å²) in [6.45, 7) is 0. The zero-order chi connectivity index (χ0) is 8.48. The Balaban J connectivity index is 3.18. The highest BCUT2D eigenvalue weighted by atomic mass is 35.9. The van der Waals surface area contributed by atoms with Gasteiger partial charge in [0, 0.05) is 0 Å². The van der Waals surface area contributed by atoms with E-state index in [1.807, 2.05) is 0 Å². The van der Waals surface area contributed by atoms with Crippen molar-refractivity contribution in [2.75, 3.05) is 0 Å². The molecule has 1 rings (SSSR count). The third-order valence-corrected chi connectivity index (χ3v) is 3.09. The van der Waals surface area contributed by atoms with E-state index >= 15 is 0 Å². The lowest BCUT2D eigenvalue weighted by molar-refractivity contribution is 1.48. The molecule has 7 heteroatoms. The zero-order valence-electron chi connectivity index (χ0n) is 5.00. The van der Waals surface area contributed by atoms with Crippen molar-refractivity contribution >= 4 is 45.2 Å². The van der Waals surface area contributed by atoms with Gasteiger partial charge in [-0.1, -0.05) is 11.6 Å². The maximum atomic E-state index is 8.41. The second-order valence-electron chi connectivity index (χ2n) is 1.62. The van der Waals surface area contributed by atoms with E-state index in [1.165, 1.54) is 6.20 Å². The Morgan fingerprint density at radius 1 is 1.55 bits per heavy atom.